The lowest BCUT2D eigenvalue weighted by Gasteiger charge is -2.26. The maximum atomic E-state index is 13.0. The van der Waals surface area contributed by atoms with Gasteiger partial charge in [-0.15, -0.1) is 0 Å². The van der Waals surface area contributed by atoms with E-state index in [1.165, 1.54) is 12.1 Å². The van der Waals surface area contributed by atoms with Crippen molar-refractivity contribution in [3.63, 3.8) is 0 Å². The van der Waals surface area contributed by atoms with Crippen molar-refractivity contribution in [1.29, 1.82) is 0 Å². The highest BCUT2D eigenvalue weighted by molar-refractivity contribution is 5.19. The van der Waals surface area contributed by atoms with E-state index in [0.717, 1.165) is 12.5 Å². The first-order chi connectivity index (χ1) is 7.49. The summed E-state index contributed by atoms with van der Waals surface area (Å²) in [7, 11) is 0. The molecular weight excluding hydrogens is 210 g/mol. The molecule has 0 saturated heterocycles. The molecule has 1 aromatic carbocycles. The van der Waals surface area contributed by atoms with Gasteiger partial charge in [-0.3, -0.25) is 0 Å². The number of hydrogen-bond donors (Lipinski definition) is 1. The van der Waals surface area contributed by atoms with Gasteiger partial charge >= 0.3 is 0 Å². The first kappa shape index (κ1) is 13.1. The number of rotatable bonds is 5. The van der Waals surface area contributed by atoms with Gasteiger partial charge in [-0.05, 0) is 30.5 Å². The molecule has 90 valence electrons. The first-order valence-electron chi connectivity index (χ1n) is 5.66. The molecule has 1 atom stereocenters. The molecular formula is C13H18F2O. The highest BCUT2D eigenvalue weighted by Gasteiger charge is 2.24. The van der Waals surface area contributed by atoms with Crippen LogP contribution in [0.4, 0.5) is 8.78 Å². The summed E-state index contributed by atoms with van der Waals surface area (Å²) in [6.45, 7) is 3.86. The molecule has 1 nitrogen and oxygen atoms in total. The van der Waals surface area contributed by atoms with E-state index in [1.54, 1.807) is 0 Å². The van der Waals surface area contributed by atoms with Crippen LogP contribution in [0.15, 0.2) is 18.2 Å². The van der Waals surface area contributed by atoms with Crippen LogP contribution in [-0.2, 0) is 6.42 Å². The third kappa shape index (κ3) is 3.56. The second-order valence-electron chi connectivity index (χ2n) is 4.28. The third-order valence-electron chi connectivity index (χ3n) is 2.83. The summed E-state index contributed by atoms with van der Waals surface area (Å²) >= 11 is 0. The van der Waals surface area contributed by atoms with Crippen molar-refractivity contribution in [3.8, 4) is 0 Å². The van der Waals surface area contributed by atoms with Crippen molar-refractivity contribution in [2.24, 2.45) is 0 Å². The number of benzene rings is 1. The van der Waals surface area contributed by atoms with Gasteiger partial charge in [0.25, 0.3) is 0 Å². The molecule has 3 heteroatoms. The summed E-state index contributed by atoms with van der Waals surface area (Å²) < 4.78 is 25.9. The second-order valence-corrected chi connectivity index (χ2v) is 4.28. The monoisotopic (exact) mass is 228 g/mol. The number of aliphatic hydroxyl groups is 1. The molecule has 0 aliphatic rings. The molecule has 16 heavy (non-hydrogen) atoms. The third-order valence-corrected chi connectivity index (χ3v) is 2.83. The fourth-order valence-electron chi connectivity index (χ4n) is 1.95. The van der Waals surface area contributed by atoms with Gasteiger partial charge in [0.2, 0.25) is 0 Å². The molecule has 0 amide bonds. The minimum absolute atomic E-state index is 0.298. The Bertz CT molecular complexity index is 332. The van der Waals surface area contributed by atoms with Gasteiger partial charge in [0.05, 0.1) is 5.60 Å². The van der Waals surface area contributed by atoms with E-state index in [0.29, 0.717) is 24.8 Å². The molecule has 0 heterocycles. The minimum Gasteiger partial charge on any atom is -0.390 e. The Hall–Kier alpha value is -0.960. The van der Waals surface area contributed by atoms with Crippen molar-refractivity contribution in [2.45, 2.75) is 45.1 Å². The van der Waals surface area contributed by atoms with Gasteiger partial charge in [0, 0.05) is 12.5 Å². The van der Waals surface area contributed by atoms with Crippen LogP contribution >= 0.6 is 0 Å². The average Bonchev–Trinajstić information content (AvgIpc) is 2.16. The van der Waals surface area contributed by atoms with Crippen LogP contribution in [0.5, 0.6) is 0 Å². The summed E-state index contributed by atoms with van der Waals surface area (Å²) in [6.07, 6.45) is 2.37. The van der Waals surface area contributed by atoms with Gasteiger partial charge in [0.15, 0.2) is 0 Å². The van der Waals surface area contributed by atoms with E-state index in [2.05, 4.69) is 0 Å². The molecule has 0 aromatic heterocycles. The second kappa shape index (κ2) is 5.39. The summed E-state index contributed by atoms with van der Waals surface area (Å²) in [5, 5.41) is 10.2. The number of halogens is 2. The Labute approximate surface area is 95.1 Å². The molecule has 1 aromatic rings. The Balaban J connectivity index is 2.85. The summed E-state index contributed by atoms with van der Waals surface area (Å²) in [4.78, 5) is 0. The zero-order chi connectivity index (χ0) is 12.2. The van der Waals surface area contributed by atoms with E-state index < -0.39 is 17.2 Å². The van der Waals surface area contributed by atoms with E-state index in [9.17, 15) is 13.9 Å². The Morgan fingerprint density at radius 2 is 1.69 bits per heavy atom. The van der Waals surface area contributed by atoms with E-state index >= 15 is 0 Å². The maximum absolute atomic E-state index is 13.0. The lowest BCUT2D eigenvalue weighted by Crippen LogP contribution is -2.30. The molecule has 1 N–H and O–H groups in total. The van der Waals surface area contributed by atoms with E-state index in [-0.39, 0.29) is 0 Å². The predicted molar refractivity (Wildman–Crippen MR) is 60.2 cm³/mol. The largest absolute Gasteiger partial charge is 0.390 e. The molecule has 1 unspecified atom stereocenters. The molecule has 0 fully saturated rings. The van der Waals surface area contributed by atoms with E-state index in [4.69, 9.17) is 0 Å². The van der Waals surface area contributed by atoms with E-state index in [1.807, 2.05) is 13.8 Å². The predicted octanol–water partition coefficient (Wildman–Crippen LogP) is 3.45. The molecule has 0 aliphatic carbocycles. The van der Waals surface area contributed by atoms with Crippen LogP contribution in [0.25, 0.3) is 0 Å². The average molecular weight is 228 g/mol. The van der Waals surface area contributed by atoms with Crippen LogP contribution in [-0.4, -0.2) is 10.7 Å². The van der Waals surface area contributed by atoms with Gasteiger partial charge in [-0.1, -0.05) is 20.3 Å². The normalized spacial score (nSPS) is 14.8. The van der Waals surface area contributed by atoms with Gasteiger partial charge in [-0.25, -0.2) is 8.78 Å². The maximum Gasteiger partial charge on any atom is 0.126 e. The van der Waals surface area contributed by atoms with Gasteiger partial charge in [-0.2, -0.15) is 0 Å². The van der Waals surface area contributed by atoms with Crippen LogP contribution in [0.1, 0.15) is 38.7 Å². The fourth-order valence-corrected chi connectivity index (χ4v) is 1.95. The Morgan fingerprint density at radius 1 is 1.12 bits per heavy atom. The van der Waals surface area contributed by atoms with Crippen LogP contribution in [0.3, 0.4) is 0 Å². The van der Waals surface area contributed by atoms with Crippen molar-refractivity contribution in [3.05, 3.63) is 35.4 Å². The van der Waals surface area contributed by atoms with Gasteiger partial charge < -0.3 is 5.11 Å². The smallest absolute Gasteiger partial charge is 0.126 e. The van der Waals surface area contributed by atoms with Crippen molar-refractivity contribution in [2.75, 3.05) is 0 Å². The van der Waals surface area contributed by atoms with Gasteiger partial charge in [0.1, 0.15) is 11.6 Å². The zero-order valence-electron chi connectivity index (χ0n) is 9.76. The summed E-state index contributed by atoms with van der Waals surface area (Å²) in [6, 6.07) is 3.40. The van der Waals surface area contributed by atoms with Crippen molar-refractivity contribution in [1.82, 2.24) is 0 Å². The molecule has 0 aliphatic heterocycles. The fraction of sp³-hybridized carbons (Fsp3) is 0.538. The molecule has 1 rings (SSSR count). The molecule has 0 saturated carbocycles. The van der Waals surface area contributed by atoms with Crippen molar-refractivity contribution < 1.29 is 13.9 Å². The molecule has 0 bridgehead atoms. The molecule has 0 spiro atoms. The Kier molecular flexibility index (Phi) is 4.42. The lowest BCUT2D eigenvalue weighted by atomic mass is 9.88. The minimum atomic E-state index is -0.852. The zero-order valence-corrected chi connectivity index (χ0v) is 9.76. The highest BCUT2D eigenvalue weighted by Crippen LogP contribution is 2.23. The van der Waals surface area contributed by atoms with Crippen LogP contribution in [0, 0.1) is 11.6 Å². The Morgan fingerprint density at radius 3 is 2.12 bits per heavy atom. The lowest BCUT2D eigenvalue weighted by molar-refractivity contribution is 0.0270. The highest BCUT2D eigenvalue weighted by atomic mass is 19.1. The van der Waals surface area contributed by atoms with Crippen molar-refractivity contribution >= 4 is 0 Å². The first-order valence-corrected chi connectivity index (χ1v) is 5.66. The summed E-state index contributed by atoms with van der Waals surface area (Å²) in [5.41, 5.74) is -0.343. The topological polar surface area (TPSA) is 20.2 Å². The standard InChI is InChI=1S/C13H18F2O/c1-3-5-13(16,4-2)9-10-6-11(14)8-12(15)7-10/h6-8,16H,3-5,9H2,1-2H3. The SMILES string of the molecule is CCCC(O)(CC)Cc1cc(F)cc(F)c1. The summed E-state index contributed by atoms with van der Waals surface area (Å²) in [5.74, 6) is -1.19. The van der Waals surface area contributed by atoms with Crippen LogP contribution < -0.4 is 0 Å². The number of hydrogen-bond acceptors (Lipinski definition) is 1. The molecule has 0 radical (unpaired) electrons. The quantitative estimate of drug-likeness (QED) is 0.818. The van der Waals surface area contributed by atoms with Crippen LogP contribution in [0.2, 0.25) is 0 Å².